The van der Waals surface area contributed by atoms with E-state index < -0.39 is 41.2 Å². The minimum absolute atomic E-state index is 0.00442. The monoisotopic (exact) mass is 515 g/mol. The molecule has 4 rings (SSSR count). The van der Waals surface area contributed by atoms with Gasteiger partial charge in [0, 0.05) is 10.9 Å². The van der Waals surface area contributed by atoms with Crippen LogP contribution in [0.2, 0.25) is 0 Å². The number of rotatable bonds is 8. The number of para-hydroxylation sites is 1. The lowest BCUT2D eigenvalue weighted by atomic mass is 10.0. The number of carbonyl (C=O) groups is 1. The van der Waals surface area contributed by atoms with Crippen molar-refractivity contribution in [2.45, 2.75) is 9.79 Å². The predicted octanol–water partition coefficient (Wildman–Crippen LogP) is 3.42. The van der Waals surface area contributed by atoms with Crippen LogP contribution in [0.5, 0.6) is 11.5 Å². The Hall–Kier alpha value is -3.67. The van der Waals surface area contributed by atoms with Gasteiger partial charge in [-0.05, 0) is 36.4 Å². The third kappa shape index (κ3) is 4.78. The van der Waals surface area contributed by atoms with Gasteiger partial charge in [-0.25, -0.2) is 22.0 Å². The van der Waals surface area contributed by atoms with Crippen LogP contribution in [0.3, 0.4) is 0 Å². The molecule has 9 nitrogen and oxygen atoms in total. The molecule has 0 bridgehead atoms. The second kappa shape index (κ2) is 9.17. The summed E-state index contributed by atoms with van der Waals surface area (Å²) < 4.78 is 66.5. The van der Waals surface area contributed by atoms with Gasteiger partial charge in [0.25, 0.3) is 0 Å². The number of sulfone groups is 1. The summed E-state index contributed by atoms with van der Waals surface area (Å²) in [5, 5.41) is 6.01. The molecule has 4 aromatic rings. The maximum atomic E-state index is 13.0. The molecule has 0 fully saturated rings. The summed E-state index contributed by atoms with van der Waals surface area (Å²) in [5.41, 5.74) is 1.09. The lowest BCUT2D eigenvalue weighted by Gasteiger charge is -2.14. The first kappa shape index (κ1) is 24.5. The summed E-state index contributed by atoms with van der Waals surface area (Å²) in [6.45, 7) is 0. The highest BCUT2D eigenvalue weighted by Gasteiger charge is 2.28. The lowest BCUT2D eigenvalue weighted by molar-refractivity contribution is 0.102. The number of Topliss-reactive ketones (excluding diaryl/α,β-unsaturated/α-hetero) is 1. The molecule has 2 N–H and O–H groups in total. The van der Waals surface area contributed by atoms with Crippen molar-refractivity contribution in [2.24, 2.45) is 5.14 Å². The molecular weight excluding hydrogens is 494 g/mol. The van der Waals surface area contributed by atoms with Gasteiger partial charge < -0.3 is 13.9 Å². The Morgan fingerprint density at radius 1 is 0.857 bits per heavy atom. The van der Waals surface area contributed by atoms with Crippen LogP contribution in [0.4, 0.5) is 0 Å². The van der Waals surface area contributed by atoms with Gasteiger partial charge >= 0.3 is 0 Å². The van der Waals surface area contributed by atoms with Gasteiger partial charge in [-0.2, -0.15) is 0 Å². The van der Waals surface area contributed by atoms with E-state index in [2.05, 4.69) is 0 Å². The molecule has 0 aliphatic carbocycles. The van der Waals surface area contributed by atoms with E-state index in [1.165, 1.54) is 38.5 Å². The maximum Gasteiger partial charge on any atom is 0.239 e. The van der Waals surface area contributed by atoms with Gasteiger partial charge in [-0.3, -0.25) is 4.79 Å². The number of methoxy groups -OCH3 is 2. The van der Waals surface area contributed by atoms with Crippen molar-refractivity contribution in [3.8, 4) is 22.8 Å². The molecule has 0 aliphatic heterocycles. The van der Waals surface area contributed by atoms with Gasteiger partial charge in [0.15, 0.2) is 15.6 Å². The van der Waals surface area contributed by atoms with Gasteiger partial charge in [0.2, 0.25) is 10.0 Å². The van der Waals surface area contributed by atoms with E-state index in [-0.39, 0.29) is 17.1 Å². The summed E-state index contributed by atoms with van der Waals surface area (Å²) in [6, 6.07) is 16.8. The van der Waals surface area contributed by atoms with E-state index in [4.69, 9.17) is 19.0 Å². The second-order valence-electron chi connectivity index (χ2n) is 7.58. The van der Waals surface area contributed by atoms with Crippen molar-refractivity contribution in [1.82, 2.24) is 0 Å². The third-order valence-corrected chi connectivity index (χ3v) is 8.08. The Morgan fingerprint density at radius 2 is 1.43 bits per heavy atom. The molecule has 0 unspecified atom stereocenters. The molecule has 182 valence electrons. The predicted molar refractivity (Wildman–Crippen MR) is 129 cm³/mol. The number of ether oxygens (including phenoxy) is 2. The average molecular weight is 516 g/mol. The summed E-state index contributed by atoms with van der Waals surface area (Å²) >= 11 is 0. The fourth-order valence-corrected chi connectivity index (χ4v) is 6.37. The molecule has 3 aromatic carbocycles. The molecule has 0 aliphatic rings. The van der Waals surface area contributed by atoms with Crippen molar-refractivity contribution in [2.75, 3.05) is 20.0 Å². The largest absolute Gasteiger partial charge is 0.496 e. The quantitative estimate of drug-likeness (QED) is 0.352. The van der Waals surface area contributed by atoms with Crippen molar-refractivity contribution in [1.29, 1.82) is 0 Å². The van der Waals surface area contributed by atoms with E-state index in [9.17, 15) is 21.6 Å². The number of fused-ring (bicyclic) bond motifs is 1. The first-order valence-electron chi connectivity index (χ1n) is 10.2. The summed E-state index contributed by atoms with van der Waals surface area (Å²) in [4.78, 5) is 11.9. The van der Waals surface area contributed by atoms with Crippen LogP contribution in [-0.2, 0) is 19.9 Å². The first-order valence-corrected chi connectivity index (χ1v) is 13.4. The number of primary sulfonamides is 1. The van der Waals surface area contributed by atoms with E-state index in [1.54, 1.807) is 12.1 Å². The topological polar surface area (TPSA) is 143 Å². The van der Waals surface area contributed by atoms with Crippen LogP contribution in [0.1, 0.15) is 10.4 Å². The highest BCUT2D eigenvalue weighted by molar-refractivity contribution is 7.94. The Labute approximate surface area is 202 Å². The lowest BCUT2D eigenvalue weighted by Crippen LogP contribution is -2.21. The number of carbonyl (C=O) groups excluding carboxylic acids is 1. The van der Waals surface area contributed by atoms with Crippen molar-refractivity contribution < 1.29 is 35.5 Å². The Morgan fingerprint density at radius 3 is 2.00 bits per heavy atom. The van der Waals surface area contributed by atoms with Gasteiger partial charge in [-0.1, -0.05) is 30.3 Å². The summed E-state index contributed by atoms with van der Waals surface area (Å²) in [7, 11) is -5.88. The Bertz CT molecular complexity index is 1600. The maximum absolute atomic E-state index is 13.0. The molecule has 0 saturated carbocycles. The number of hydrogen-bond donors (Lipinski definition) is 1. The molecule has 0 spiro atoms. The van der Waals surface area contributed by atoms with Crippen LogP contribution >= 0.6 is 0 Å². The molecule has 35 heavy (non-hydrogen) atoms. The minimum atomic E-state index is -4.35. The molecular formula is C24H21NO8S2. The zero-order chi connectivity index (χ0) is 25.4. The third-order valence-electron chi connectivity index (χ3n) is 5.31. The standard InChI is InChI=1S/C24H21NO8S2/c1-31-19-12-16(13-20(32-2)24(19)21-11-15-7-3-4-8-18(15)33-21)17(26)14-34(27,28)22-9-5-6-10-23(22)35(25,29)30/h3-13H,14H2,1-2H3,(H2,25,29,30). The van der Waals surface area contributed by atoms with Crippen LogP contribution < -0.4 is 14.6 Å². The van der Waals surface area contributed by atoms with Crippen LogP contribution in [0.15, 0.2) is 80.9 Å². The number of sulfonamides is 1. The molecule has 1 aromatic heterocycles. The highest BCUT2D eigenvalue weighted by Crippen LogP contribution is 2.42. The van der Waals surface area contributed by atoms with Crippen LogP contribution in [-0.4, -0.2) is 42.6 Å². The molecule has 1 heterocycles. The zero-order valence-corrected chi connectivity index (χ0v) is 20.4. The average Bonchev–Trinajstić information content (AvgIpc) is 3.26. The Balaban J connectivity index is 1.75. The van der Waals surface area contributed by atoms with E-state index in [0.717, 1.165) is 17.5 Å². The number of ketones is 1. The van der Waals surface area contributed by atoms with E-state index in [1.807, 2.05) is 18.2 Å². The van der Waals surface area contributed by atoms with Crippen molar-refractivity contribution >= 4 is 36.6 Å². The van der Waals surface area contributed by atoms with Gasteiger partial charge in [0.05, 0.1) is 19.1 Å². The van der Waals surface area contributed by atoms with Crippen molar-refractivity contribution in [3.63, 3.8) is 0 Å². The smallest absolute Gasteiger partial charge is 0.239 e. The SMILES string of the molecule is COc1cc(C(=O)CS(=O)(=O)c2ccccc2S(N)(=O)=O)cc(OC)c1-c1cc2ccccc2o1. The van der Waals surface area contributed by atoms with Gasteiger partial charge in [-0.15, -0.1) is 0 Å². The fourth-order valence-electron chi connectivity index (χ4n) is 3.70. The van der Waals surface area contributed by atoms with Crippen LogP contribution in [0.25, 0.3) is 22.3 Å². The molecule has 0 radical (unpaired) electrons. The van der Waals surface area contributed by atoms with Gasteiger partial charge in [0.1, 0.15) is 39.1 Å². The molecule has 0 amide bonds. The normalized spacial score (nSPS) is 12.0. The van der Waals surface area contributed by atoms with E-state index >= 15 is 0 Å². The number of furan rings is 1. The van der Waals surface area contributed by atoms with E-state index in [0.29, 0.717) is 16.9 Å². The van der Waals surface area contributed by atoms with Crippen LogP contribution in [0, 0.1) is 0 Å². The first-order chi connectivity index (χ1) is 16.5. The molecule has 0 saturated heterocycles. The summed E-state index contributed by atoms with van der Waals surface area (Å²) in [6.07, 6.45) is 0. The summed E-state index contributed by atoms with van der Waals surface area (Å²) in [5.74, 6) is -0.880. The second-order valence-corrected chi connectivity index (χ2v) is 11.1. The molecule has 0 atom stereocenters. The minimum Gasteiger partial charge on any atom is -0.496 e. The fraction of sp³-hybridized carbons (Fsp3) is 0.125. The number of hydrogen-bond acceptors (Lipinski definition) is 8. The number of benzene rings is 3. The van der Waals surface area contributed by atoms with Crippen molar-refractivity contribution in [3.05, 3.63) is 72.3 Å². The Kier molecular flexibility index (Phi) is 6.41. The molecule has 11 heteroatoms. The number of nitrogens with two attached hydrogens (primary N) is 1. The zero-order valence-electron chi connectivity index (χ0n) is 18.7. The highest BCUT2D eigenvalue weighted by atomic mass is 32.2.